The first-order valence-electron chi connectivity index (χ1n) is 6.33. The lowest BCUT2D eigenvalue weighted by Gasteiger charge is -2.21. The molecule has 21 heavy (non-hydrogen) atoms. The van der Waals surface area contributed by atoms with Crippen LogP contribution in [-0.4, -0.2) is 27.9 Å². The van der Waals surface area contributed by atoms with Crippen molar-refractivity contribution in [3.05, 3.63) is 40.2 Å². The van der Waals surface area contributed by atoms with Gasteiger partial charge in [-0.25, -0.2) is 4.79 Å². The molecule has 2 aromatic rings. The molecule has 0 saturated heterocycles. The zero-order valence-electron chi connectivity index (χ0n) is 12.1. The number of carbonyl (C=O) groups is 1. The Hall–Kier alpha value is -2.21. The normalized spacial score (nSPS) is 10.7. The van der Waals surface area contributed by atoms with Gasteiger partial charge < -0.3 is 15.7 Å². The number of carboxylic acid groups (broad SMARTS) is 1. The maximum atomic E-state index is 11.3. The number of carboxylic acids is 1. The van der Waals surface area contributed by atoms with E-state index < -0.39 is 5.97 Å². The molecule has 0 unspecified atom stereocenters. The van der Waals surface area contributed by atoms with Crippen LogP contribution < -0.4 is 10.6 Å². The van der Waals surface area contributed by atoms with E-state index in [2.05, 4.69) is 5.10 Å². The van der Waals surface area contributed by atoms with Crippen molar-refractivity contribution in [2.24, 2.45) is 7.05 Å². The summed E-state index contributed by atoms with van der Waals surface area (Å²) in [6.07, 6.45) is 0. The summed E-state index contributed by atoms with van der Waals surface area (Å²) in [5, 5.41) is 14.1. The highest BCUT2D eigenvalue weighted by Gasteiger charge is 2.17. The van der Waals surface area contributed by atoms with Crippen LogP contribution in [0.4, 0.5) is 11.4 Å². The van der Waals surface area contributed by atoms with Gasteiger partial charge in [0.2, 0.25) is 0 Å². The highest BCUT2D eigenvalue weighted by atomic mass is 35.5. The lowest BCUT2D eigenvalue weighted by molar-refractivity contribution is 0.0697. The average Bonchev–Trinajstić information content (AvgIpc) is 2.65. The van der Waals surface area contributed by atoms with E-state index in [1.165, 1.54) is 6.07 Å². The third-order valence-electron chi connectivity index (χ3n) is 3.31. The highest BCUT2D eigenvalue weighted by molar-refractivity contribution is 6.31. The zero-order chi connectivity index (χ0) is 15.7. The molecule has 0 aliphatic carbocycles. The molecule has 0 spiro atoms. The van der Waals surface area contributed by atoms with Crippen molar-refractivity contribution >= 4 is 28.9 Å². The number of anilines is 2. The molecule has 112 valence electrons. The fraction of sp³-hybridized carbons (Fsp3) is 0.286. The summed E-state index contributed by atoms with van der Waals surface area (Å²) in [5.41, 5.74) is 8.38. The van der Waals surface area contributed by atoms with Crippen LogP contribution in [0.5, 0.6) is 0 Å². The van der Waals surface area contributed by atoms with Crippen LogP contribution in [0, 0.1) is 6.92 Å². The molecule has 0 aliphatic rings. The summed E-state index contributed by atoms with van der Waals surface area (Å²) in [6, 6.07) is 4.81. The van der Waals surface area contributed by atoms with E-state index in [-0.39, 0.29) is 5.56 Å². The van der Waals surface area contributed by atoms with Gasteiger partial charge in [-0.15, -0.1) is 0 Å². The molecule has 0 atom stereocenters. The molecule has 7 heteroatoms. The standard InChI is InChI=1S/C14H17ClN4O2/c1-8-13(15)12(19(3)17-8)7-18(2)11-5-4-9(16)6-10(11)14(20)21/h4-6H,7,16H2,1-3H3,(H,20,21). The number of aryl methyl sites for hydroxylation is 2. The Morgan fingerprint density at radius 1 is 1.52 bits per heavy atom. The molecular weight excluding hydrogens is 292 g/mol. The second-order valence-electron chi connectivity index (χ2n) is 4.91. The van der Waals surface area contributed by atoms with Gasteiger partial charge >= 0.3 is 5.97 Å². The van der Waals surface area contributed by atoms with Crippen LogP contribution in [0.15, 0.2) is 18.2 Å². The van der Waals surface area contributed by atoms with Crippen LogP contribution in [-0.2, 0) is 13.6 Å². The van der Waals surface area contributed by atoms with Gasteiger partial charge in [0.15, 0.2) is 0 Å². The minimum atomic E-state index is -1.02. The van der Waals surface area contributed by atoms with E-state index in [1.807, 2.05) is 18.9 Å². The van der Waals surface area contributed by atoms with Crippen molar-refractivity contribution in [1.29, 1.82) is 0 Å². The number of nitrogen functional groups attached to an aromatic ring is 1. The summed E-state index contributed by atoms with van der Waals surface area (Å²) < 4.78 is 1.70. The lowest BCUT2D eigenvalue weighted by atomic mass is 10.1. The zero-order valence-corrected chi connectivity index (χ0v) is 12.8. The molecule has 1 aromatic heterocycles. The van der Waals surface area contributed by atoms with Crippen molar-refractivity contribution in [2.45, 2.75) is 13.5 Å². The van der Waals surface area contributed by atoms with Gasteiger partial charge in [0.25, 0.3) is 0 Å². The molecule has 1 heterocycles. The molecule has 0 fully saturated rings. The van der Waals surface area contributed by atoms with Crippen molar-refractivity contribution in [3.8, 4) is 0 Å². The minimum absolute atomic E-state index is 0.160. The van der Waals surface area contributed by atoms with Crippen LogP contribution in [0.25, 0.3) is 0 Å². The van der Waals surface area contributed by atoms with Crippen LogP contribution in [0.1, 0.15) is 21.7 Å². The van der Waals surface area contributed by atoms with Gasteiger partial charge in [0, 0.05) is 19.8 Å². The fourth-order valence-electron chi connectivity index (χ4n) is 2.22. The first-order valence-corrected chi connectivity index (χ1v) is 6.71. The number of aromatic nitrogens is 2. The summed E-state index contributed by atoms with van der Waals surface area (Å²) in [7, 11) is 3.61. The Kier molecular flexibility index (Phi) is 4.09. The second kappa shape index (κ2) is 5.65. The topological polar surface area (TPSA) is 84.4 Å². The van der Waals surface area contributed by atoms with E-state index >= 15 is 0 Å². The van der Waals surface area contributed by atoms with E-state index in [4.69, 9.17) is 17.3 Å². The molecule has 0 amide bonds. The minimum Gasteiger partial charge on any atom is -0.478 e. The Labute approximate surface area is 127 Å². The Bertz CT molecular complexity index is 697. The van der Waals surface area contributed by atoms with Crippen molar-refractivity contribution in [3.63, 3.8) is 0 Å². The predicted molar refractivity (Wildman–Crippen MR) is 82.9 cm³/mol. The molecule has 0 bridgehead atoms. The third kappa shape index (κ3) is 2.95. The Morgan fingerprint density at radius 3 is 2.71 bits per heavy atom. The number of benzene rings is 1. The smallest absolute Gasteiger partial charge is 0.337 e. The van der Waals surface area contributed by atoms with Gasteiger partial charge in [-0.3, -0.25) is 4.68 Å². The Morgan fingerprint density at radius 2 is 2.19 bits per heavy atom. The highest BCUT2D eigenvalue weighted by Crippen LogP contribution is 2.26. The van der Waals surface area contributed by atoms with Crippen molar-refractivity contribution < 1.29 is 9.90 Å². The third-order valence-corrected chi connectivity index (χ3v) is 3.80. The molecule has 0 radical (unpaired) electrons. The SMILES string of the molecule is Cc1nn(C)c(CN(C)c2ccc(N)cc2C(=O)O)c1Cl. The van der Waals surface area contributed by atoms with Crippen molar-refractivity contribution in [1.82, 2.24) is 9.78 Å². The van der Waals surface area contributed by atoms with Gasteiger partial charge in [0.1, 0.15) is 0 Å². The number of halogens is 1. The van der Waals surface area contributed by atoms with Gasteiger partial charge in [-0.1, -0.05) is 11.6 Å². The summed E-state index contributed by atoms with van der Waals surface area (Å²) >= 11 is 6.23. The number of nitrogens with two attached hydrogens (primary N) is 1. The van der Waals surface area contributed by atoms with E-state index in [0.717, 1.165) is 11.4 Å². The molecular formula is C14H17ClN4O2. The molecule has 1 aromatic carbocycles. The predicted octanol–water partition coefficient (Wildman–Crippen LogP) is 2.30. The maximum absolute atomic E-state index is 11.3. The lowest BCUT2D eigenvalue weighted by Crippen LogP contribution is -2.21. The number of hydrogen-bond donors (Lipinski definition) is 2. The fourth-order valence-corrected chi connectivity index (χ4v) is 2.44. The van der Waals surface area contributed by atoms with E-state index in [0.29, 0.717) is 22.9 Å². The molecule has 2 rings (SSSR count). The van der Waals surface area contributed by atoms with Crippen LogP contribution in [0.3, 0.4) is 0 Å². The Balaban J connectivity index is 2.37. The second-order valence-corrected chi connectivity index (χ2v) is 5.29. The summed E-state index contributed by atoms with van der Waals surface area (Å²) in [5.74, 6) is -1.02. The molecule has 0 saturated carbocycles. The van der Waals surface area contributed by atoms with Crippen molar-refractivity contribution in [2.75, 3.05) is 17.7 Å². The van der Waals surface area contributed by atoms with Gasteiger partial charge in [-0.05, 0) is 25.1 Å². The first kappa shape index (κ1) is 15.2. The quantitative estimate of drug-likeness (QED) is 0.847. The number of nitrogens with zero attached hydrogens (tertiary/aromatic N) is 3. The summed E-state index contributed by atoms with van der Waals surface area (Å²) in [6.45, 7) is 2.28. The number of rotatable bonds is 4. The maximum Gasteiger partial charge on any atom is 0.337 e. The van der Waals surface area contributed by atoms with E-state index in [1.54, 1.807) is 23.9 Å². The molecule has 3 N–H and O–H groups in total. The summed E-state index contributed by atoms with van der Waals surface area (Å²) in [4.78, 5) is 13.2. The molecule has 6 nitrogen and oxygen atoms in total. The van der Waals surface area contributed by atoms with Gasteiger partial charge in [0.05, 0.1) is 34.2 Å². The largest absolute Gasteiger partial charge is 0.478 e. The average molecular weight is 309 g/mol. The van der Waals surface area contributed by atoms with Gasteiger partial charge in [-0.2, -0.15) is 5.10 Å². The number of aromatic carboxylic acids is 1. The first-order chi connectivity index (χ1) is 9.81. The van der Waals surface area contributed by atoms with Crippen LogP contribution in [0.2, 0.25) is 5.02 Å². The van der Waals surface area contributed by atoms with E-state index in [9.17, 15) is 9.90 Å². The number of hydrogen-bond acceptors (Lipinski definition) is 4. The molecule has 0 aliphatic heterocycles. The van der Waals surface area contributed by atoms with Crippen LogP contribution >= 0.6 is 11.6 Å². The monoisotopic (exact) mass is 308 g/mol.